The van der Waals surface area contributed by atoms with Crippen LogP contribution in [0.2, 0.25) is 0 Å². The van der Waals surface area contributed by atoms with Crippen LogP contribution in [0.1, 0.15) is 25.0 Å². The molecule has 1 heteroatoms. The van der Waals surface area contributed by atoms with E-state index in [1.165, 1.54) is 93.3 Å². The zero-order valence-corrected chi connectivity index (χ0v) is 29.1. The van der Waals surface area contributed by atoms with E-state index in [1.54, 1.807) is 0 Å². The number of hydrogen-bond acceptors (Lipinski definition) is 1. The van der Waals surface area contributed by atoms with Gasteiger partial charge in [0.15, 0.2) is 0 Å². The molecule has 244 valence electrons. The maximum Gasteiger partial charge on any atom is 0.143 e. The van der Waals surface area contributed by atoms with Crippen LogP contribution >= 0.6 is 0 Å². The summed E-state index contributed by atoms with van der Waals surface area (Å²) in [5.74, 6) is 0. The molecule has 0 spiro atoms. The van der Waals surface area contributed by atoms with Crippen LogP contribution < -0.4 is 0 Å². The molecule has 0 radical (unpaired) electrons. The van der Waals surface area contributed by atoms with E-state index in [4.69, 9.17) is 4.42 Å². The predicted molar refractivity (Wildman–Crippen MR) is 220 cm³/mol. The van der Waals surface area contributed by atoms with Gasteiger partial charge in [0.05, 0.1) is 0 Å². The van der Waals surface area contributed by atoms with E-state index in [2.05, 4.69) is 184 Å². The first-order valence-corrected chi connectivity index (χ1v) is 18.2. The molecule has 0 saturated heterocycles. The zero-order valence-electron chi connectivity index (χ0n) is 29.1. The second-order valence-corrected chi connectivity index (χ2v) is 14.8. The fourth-order valence-corrected chi connectivity index (χ4v) is 9.18. The molecular weight excluding hydrogens is 629 g/mol. The second kappa shape index (κ2) is 10.8. The molecule has 1 aromatic heterocycles. The standard InChI is InChI=1S/C51H34O/c1-51(2)43-28-29-45-49(42-27-24-32-12-6-7-15-36(32)50(42)52-45)48(43)41-26-25-35(30-44(41)51)31-20-22-34(23-21-31)47-39-18-10-8-16-37(39)46(33-13-4-3-5-14-33)38-17-9-11-19-40(38)47/h3-30H,1-2H3. The number of benzene rings is 9. The molecule has 0 amide bonds. The Balaban J connectivity index is 1.05. The molecule has 1 aliphatic carbocycles. The van der Waals surface area contributed by atoms with E-state index in [9.17, 15) is 0 Å². The number of furan rings is 1. The highest BCUT2D eigenvalue weighted by molar-refractivity contribution is 6.22. The summed E-state index contributed by atoms with van der Waals surface area (Å²) in [5, 5.41) is 9.87. The van der Waals surface area contributed by atoms with Crippen molar-refractivity contribution < 1.29 is 4.42 Å². The van der Waals surface area contributed by atoms with Crippen LogP contribution in [-0.4, -0.2) is 0 Å². The van der Waals surface area contributed by atoms with Gasteiger partial charge in [-0.05, 0) is 101 Å². The third-order valence-corrected chi connectivity index (χ3v) is 11.7. The first-order valence-electron chi connectivity index (χ1n) is 18.2. The zero-order chi connectivity index (χ0) is 34.6. The summed E-state index contributed by atoms with van der Waals surface area (Å²) in [5.41, 5.74) is 14.6. The maximum absolute atomic E-state index is 6.60. The third-order valence-electron chi connectivity index (χ3n) is 11.7. The molecule has 10 aromatic rings. The Morgan fingerprint density at radius 1 is 0.385 bits per heavy atom. The summed E-state index contributed by atoms with van der Waals surface area (Å²) in [6.07, 6.45) is 0. The molecule has 1 aliphatic rings. The van der Waals surface area contributed by atoms with Crippen molar-refractivity contribution in [1.29, 1.82) is 0 Å². The van der Waals surface area contributed by atoms with Crippen LogP contribution in [0.4, 0.5) is 0 Å². The van der Waals surface area contributed by atoms with Crippen LogP contribution in [0.5, 0.6) is 0 Å². The van der Waals surface area contributed by atoms with Crippen LogP contribution in [0.3, 0.4) is 0 Å². The van der Waals surface area contributed by atoms with Gasteiger partial charge >= 0.3 is 0 Å². The molecule has 0 atom stereocenters. The van der Waals surface area contributed by atoms with Crippen LogP contribution in [0, 0.1) is 0 Å². The molecule has 9 aromatic carbocycles. The molecule has 11 rings (SSSR count). The summed E-state index contributed by atoms with van der Waals surface area (Å²) < 4.78 is 6.60. The summed E-state index contributed by atoms with van der Waals surface area (Å²) in [6, 6.07) is 62.3. The number of fused-ring (bicyclic) bond motifs is 11. The fourth-order valence-electron chi connectivity index (χ4n) is 9.18. The molecule has 0 saturated carbocycles. The number of hydrogen-bond donors (Lipinski definition) is 0. The average molecular weight is 663 g/mol. The highest BCUT2D eigenvalue weighted by Crippen LogP contribution is 2.54. The lowest BCUT2D eigenvalue weighted by Crippen LogP contribution is -2.14. The van der Waals surface area contributed by atoms with Gasteiger partial charge in [-0.3, -0.25) is 0 Å². The molecule has 1 heterocycles. The molecule has 0 bridgehead atoms. The van der Waals surface area contributed by atoms with Crippen molar-refractivity contribution in [3.05, 3.63) is 181 Å². The van der Waals surface area contributed by atoms with Crippen LogP contribution in [0.25, 0.3) is 98.8 Å². The molecular formula is C51H34O. The Morgan fingerprint density at radius 2 is 0.942 bits per heavy atom. The lowest BCUT2D eigenvalue weighted by atomic mass is 9.81. The largest absolute Gasteiger partial charge is 0.455 e. The van der Waals surface area contributed by atoms with Crippen molar-refractivity contribution in [3.8, 4) is 44.5 Å². The summed E-state index contributed by atoms with van der Waals surface area (Å²) in [7, 11) is 0. The van der Waals surface area contributed by atoms with E-state index >= 15 is 0 Å². The molecule has 0 aliphatic heterocycles. The normalized spacial score (nSPS) is 13.3. The first kappa shape index (κ1) is 29.3. The maximum atomic E-state index is 6.60. The van der Waals surface area contributed by atoms with E-state index in [-0.39, 0.29) is 5.41 Å². The van der Waals surface area contributed by atoms with Gasteiger partial charge in [0.25, 0.3) is 0 Å². The quantitative estimate of drug-likeness (QED) is 0.172. The minimum Gasteiger partial charge on any atom is -0.455 e. The fraction of sp³-hybridized carbons (Fsp3) is 0.0588. The summed E-state index contributed by atoms with van der Waals surface area (Å²) in [6.45, 7) is 4.73. The monoisotopic (exact) mass is 662 g/mol. The van der Waals surface area contributed by atoms with Crippen LogP contribution in [0.15, 0.2) is 174 Å². The SMILES string of the molecule is CC1(C)c2cc(-c3ccc(-c4c5ccccc5c(-c5ccccc5)c5ccccc45)cc3)ccc2-c2c1ccc1oc3c4ccccc4ccc3c21. The third kappa shape index (κ3) is 4.05. The molecule has 0 N–H and O–H groups in total. The van der Waals surface area contributed by atoms with Gasteiger partial charge in [-0.15, -0.1) is 0 Å². The summed E-state index contributed by atoms with van der Waals surface area (Å²) in [4.78, 5) is 0. The van der Waals surface area contributed by atoms with Crippen molar-refractivity contribution >= 4 is 54.3 Å². The Morgan fingerprint density at radius 3 is 1.62 bits per heavy atom. The lowest BCUT2D eigenvalue weighted by Gasteiger charge is -2.22. The topological polar surface area (TPSA) is 13.1 Å². The Bertz CT molecular complexity index is 3010. The van der Waals surface area contributed by atoms with E-state index in [0.717, 1.165) is 16.6 Å². The number of rotatable bonds is 3. The Labute approximate surface area is 302 Å². The lowest BCUT2D eigenvalue weighted by molar-refractivity contribution is 0.657. The predicted octanol–water partition coefficient (Wildman–Crippen LogP) is 14.4. The average Bonchev–Trinajstić information content (AvgIpc) is 3.69. The van der Waals surface area contributed by atoms with Crippen molar-refractivity contribution in [1.82, 2.24) is 0 Å². The Kier molecular flexibility index (Phi) is 6.08. The van der Waals surface area contributed by atoms with Gasteiger partial charge in [0.2, 0.25) is 0 Å². The van der Waals surface area contributed by atoms with Crippen molar-refractivity contribution in [2.75, 3.05) is 0 Å². The molecule has 1 nitrogen and oxygen atoms in total. The van der Waals surface area contributed by atoms with Crippen molar-refractivity contribution in [2.45, 2.75) is 19.3 Å². The molecule has 0 unspecified atom stereocenters. The molecule has 52 heavy (non-hydrogen) atoms. The van der Waals surface area contributed by atoms with Gasteiger partial charge < -0.3 is 4.42 Å². The van der Waals surface area contributed by atoms with E-state index in [0.29, 0.717) is 0 Å². The minimum absolute atomic E-state index is 0.145. The summed E-state index contributed by atoms with van der Waals surface area (Å²) >= 11 is 0. The smallest absolute Gasteiger partial charge is 0.143 e. The highest BCUT2D eigenvalue weighted by Gasteiger charge is 2.37. The Hall–Kier alpha value is -6.44. The second-order valence-electron chi connectivity index (χ2n) is 14.8. The van der Waals surface area contributed by atoms with Gasteiger partial charge in [-0.1, -0.05) is 166 Å². The van der Waals surface area contributed by atoms with Gasteiger partial charge in [-0.2, -0.15) is 0 Å². The molecule has 0 fully saturated rings. The van der Waals surface area contributed by atoms with E-state index < -0.39 is 0 Å². The first-order chi connectivity index (χ1) is 25.6. The van der Waals surface area contributed by atoms with Gasteiger partial charge in [0, 0.05) is 21.6 Å². The van der Waals surface area contributed by atoms with E-state index in [1.807, 2.05) is 0 Å². The van der Waals surface area contributed by atoms with Crippen molar-refractivity contribution in [3.63, 3.8) is 0 Å². The minimum atomic E-state index is -0.145. The van der Waals surface area contributed by atoms with Crippen molar-refractivity contribution in [2.24, 2.45) is 0 Å². The highest BCUT2D eigenvalue weighted by atomic mass is 16.3. The van der Waals surface area contributed by atoms with Crippen LogP contribution in [-0.2, 0) is 5.41 Å². The van der Waals surface area contributed by atoms with Gasteiger partial charge in [0.1, 0.15) is 11.2 Å². The van der Waals surface area contributed by atoms with Gasteiger partial charge in [-0.25, -0.2) is 0 Å².